The number of hydrogen-bond acceptors (Lipinski definition) is 5. The molecule has 0 fully saturated rings. The van der Waals surface area contributed by atoms with Gasteiger partial charge in [0.05, 0.1) is 23.4 Å². The Kier molecular flexibility index (Phi) is 6.87. The molecule has 5 rings (SSSR count). The van der Waals surface area contributed by atoms with Crippen LogP contribution in [0.5, 0.6) is 0 Å². The van der Waals surface area contributed by atoms with Gasteiger partial charge in [0, 0.05) is 37.5 Å². The van der Waals surface area contributed by atoms with Crippen LogP contribution >= 0.6 is 11.3 Å². The van der Waals surface area contributed by atoms with E-state index in [1.54, 1.807) is 29.7 Å². The highest BCUT2D eigenvalue weighted by Gasteiger charge is 2.19. The fourth-order valence-electron chi connectivity index (χ4n) is 4.97. The highest BCUT2D eigenvalue weighted by molar-refractivity contribution is 7.26. The predicted molar refractivity (Wildman–Crippen MR) is 160 cm³/mol. The Bertz CT molecular complexity index is 1910. The fourth-order valence-corrected chi connectivity index (χ4v) is 6.21. The van der Waals surface area contributed by atoms with Crippen molar-refractivity contribution < 1.29 is 0 Å². The highest BCUT2D eigenvalue weighted by Crippen LogP contribution is 2.45. The van der Waals surface area contributed by atoms with Gasteiger partial charge in [0.25, 0.3) is 0 Å². The van der Waals surface area contributed by atoms with Crippen molar-refractivity contribution in [1.29, 1.82) is 10.5 Å². The van der Waals surface area contributed by atoms with Crippen molar-refractivity contribution in [2.75, 3.05) is 0 Å². The number of hydrogen-bond donors (Lipinski definition) is 1. The van der Waals surface area contributed by atoms with Gasteiger partial charge >= 0.3 is 0 Å². The first kappa shape index (κ1) is 24.7. The van der Waals surface area contributed by atoms with Crippen LogP contribution in [-0.4, -0.2) is 4.98 Å². The third-order valence-corrected chi connectivity index (χ3v) is 7.67. The zero-order valence-corrected chi connectivity index (χ0v) is 21.7. The zero-order valence-electron chi connectivity index (χ0n) is 20.9. The van der Waals surface area contributed by atoms with Gasteiger partial charge in [-0.15, -0.1) is 11.3 Å². The minimum absolute atomic E-state index is 0.537. The number of nitriles is 2. The van der Waals surface area contributed by atoms with E-state index in [1.165, 1.54) is 21.7 Å². The molecule has 0 unspecified atom stereocenters. The summed E-state index contributed by atoms with van der Waals surface area (Å²) in [6.45, 7) is 6.19. The minimum Gasteiger partial charge on any atom is -0.405 e. The molecule has 2 heterocycles. The van der Waals surface area contributed by atoms with Crippen molar-refractivity contribution in [3.63, 3.8) is 0 Å². The maximum absolute atomic E-state index is 9.46. The quantitative estimate of drug-likeness (QED) is 0.185. The summed E-state index contributed by atoms with van der Waals surface area (Å²) in [6.07, 6.45) is 13.2. The van der Waals surface area contributed by atoms with Gasteiger partial charge in [0.2, 0.25) is 0 Å². The van der Waals surface area contributed by atoms with Crippen LogP contribution in [0.3, 0.4) is 0 Å². The first-order valence-electron chi connectivity index (χ1n) is 12.2. The number of benzene rings is 3. The van der Waals surface area contributed by atoms with Crippen molar-refractivity contribution in [2.24, 2.45) is 5.73 Å². The molecule has 38 heavy (non-hydrogen) atoms. The average molecular weight is 509 g/mol. The van der Waals surface area contributed by atoms with Crippen LogP contribution in [0.4, 0.5) is 0 Å². The van der Waals surface area contributed by atoms with E-state index in [0.29, 0.717) is 17.6 Å². The summed E-state index contributed by atoms with van der Waals surface area (Å²) in [5, 5.41) is 23.6. The summed E-state index contributed by atoms with van der Waals surface area (Å²) in [6, 6.07) is 20.8. The molecule has 3 aromatic carbocycles. The van der Waals surface area contributed by atoms with E-state index in [0.717, 1.165) is 43.4 Å². The average Bonchev–Trinajstić information content (AvgIpc) is 3.33. The van der Waals surface area contributed by atoms with Crippen LogP contribution in [0.15, 0.2) is 91.3 Å². The van der Waals surface area contributed by atoms with Gasteiger partial charge < -0.3 is 5.73 Å². The normalized spacial score (nSPS) is 12.0. The molecular weight excluding hydrogens is 484 g/mol. The number of nitrogens with two attached hydrogens (primary N) is 1. The molecule has 0 bridgehead atoms. The van der Waals surface area contributed by atoms with Gasteiger partial charge in [-0.05, 0) is 77.3 Å². The molecule has 0 spiro atoms. The number of aromatic nitrogens is 1. The Morgan fingerprint density at radius 3 is 2.55 bits per heavy atom. The Balaban J connectivity index is 1.87. The number of thiophene rings is 1. The van der Waals surface area contributed by atoms with Gasteiger partial charge in [0.15, 0.2) is 0 Å². The van der Waals surface area contributed by atoms with Crippen LogP contribution in [0.2, 0.25) is 0 Å². The topological polar surface area (TPSA) is 86.5 Å². The molecule has 2 aromatic heterocycles. The molecule has 0 atom stereocenters. The fraction of sp³-hybridized carbons (Fsp3) is 0.0606. The lowest BCUT2D eigenvalue weighted by molar-refractivity contribution is 1.29. The third-order valence-electron chi connectivity index (χ3n) is 6.58. The molecule has 0 aliphatic heterocycles. The Morgan fingerprint density at radius 1 is 1.05 bits per heavy atom. The lowest BCUT2D eigenvalue weighted by atomic mass is 9.91. The van der Waals surface area contributed by atoms with Gasteiger partial charge in [-0.2, -0.15) is 10.5 Å². The van der Waals surface area contributed by atoms with Crippen molar-refractivity contribution in [3.8, 4) is 23.4 Å². The number of rotatable bonds is 6. The molecule has 4 nitrogen and oxygen atoms in total. The smallest absolute Gasteiger partial charge is 0.0992 e. The molecular formula is C33H24N4S. The number of fused-ring (bicyclic) bond motifs is 5. The SMILES string of the molecule is C=Cc1c(/C=C\C)c(-c2cc(C#N)ccn2)cc2sc3cc(C/C=C(C#N)\C=C/N)c4ccccc4c3c12. The molecule has 5 heteroatoms. The van der Waals surface area contributed by atoms with Crippen molar-refractivity contribution >= 4 is 54.4 Å². The van der Waals surface area contributed by atoms with E-state index in [9.17, 15) is 10.5 Å². The number of nitrogens with zero attached hydrogens (tertiary/aromatic N) is 3. The molecule has 0 saturated carbocycles. The first-order valence-corrected chi connectivity index (χ1v) is 13.0. The number of allylic oxidation sites excluding steroid dienone is 4. The second-order valence-electron chi connectivity index (χ2n) is 8.76. The predicted octanol–water partition coefficient (Wildman–Crippen LogP) is 8.28. The summed E-state index contributed by atoms with van der Waals surface area (Å²) in [7, 11) is 0. The maximum Gasteiger partial charge on any atom is 0.0992 e. The number of pyridine rings is 1. The second kappa shape index (κ2) is 10.6. The van der Waals surface area contributed by atoms with E-state index in [-0.39, 0.29) is 0 Å². The summed E-state index contributed by atoms with van der Waals surface area (Å²) >= 11 is 1.73. The molecule has 0 amide bonds. The highest BCUT2D eigenvalue weighted by atomic mass is 32.1. The van der Waals surface area contributed by atoms with Crippen LogP contribution in [-0.2, 0) is 6.42 Å². The summed E-state index contributed by atoms with van der Waals surface area (Å²) in [4.78, 5) is 4.60. The van der Waals surface area contributed by atoms with Crippen molar-refractivity contribution in [1.82, 2.24) is 4.98 Å². The van der Waals surface area contributed by atoms with E-state index < -0.39 is 0 Å². The molecule has 0 radical (unpaired) electrons. The van der Waals surface area contributed by atoms with E-state index in [1.807, 2.05) is 37.3 Å². The monoisotopic (exact) mass is 508 g/mol. The maximum atomic E-state index is 9.46. The molecule has 182 valence electrons. The summed E-state index contributed by atoms with van der Waals surface area (Å²) in [5.74, 6) is 0. The first-order chi connectivity index (χ1) is 18.6. The third kappa shape index (κ3) is 4.26. The largest absolute Gasteiger partial charge is 0.405 e. The van der Waals surface area contributed by atoms with Crippen LogP contribution in [0.25, 0.3) is 54.4 Å². The molecule has 0 aliphatic carbocycles. The second-order valence-corrected chi connectivity index (χ2v) is 9.85. The molecule has 5 aromatic rings. The van der Waals surface area contributed by atoms with Gasteiger partial charge in [-0.3, -0.25) is 4.98 Å². The Labute approximate surface area is 225 Å². The minimum atomic E-state index is 0.537. The van der Waals surface area contributed by atoms with E-state index in [2.05, 4.69) is 60.1 Å². The summed E-state index contributed by atoms with van der Waals surface area (Å²) < 4.78 is 2.30. The lowest BCUT2D eigenvalue weighted by Gasteiger charge is -2.13. The zero-order chi connectivity index (χ0) is 26.6. The standard InChI is InChI=1S/C33H24N4S/c1-3-7-26-24(4-2)32-31(18-28(26)29-16-22(20-36)13-15-37-29)38-30-17-23(11-10-21(19-35)12-14-34)25-8-5-6-9-27(25)33(30)32/h3-10,12-18H,2,11,34H2,1H3/b7-3-,14-12-,21-10+. The Hall–Kier alpha value is -4.97. The van der Waals surface area contributed by atoms with Crippen LogP contribution < -0.4 is 5.73 Å². The molecule has 2 N–H and O–H groups in total. The Morgan fingerprint density at radius 2 is 1.84 bits per heavy atom. The molecule has 0 saturated heterocycles. The van der Waals surface area contributed by atoms with E-state index in [4.69, 9.17) is 5.73 Å². The molecule has 0 aliphatic rings. The van der Waals surface area contributed by atoms with E-state index >= 15 is 0 Å². The lowest BCUT2D eigenvalue weighted by Crippen LogP contribution is -1.93. The van der Waals surface area contributed by atoms with Crippen LogP contribution in [0, 0.1) is 22.7 Å². The van der Waals surface area contributed by atoms with Gasteiger partial charge in [-0.25, -0.2) is 0 Å². The van der Waals surface area contributed by atoms with Crippen LogP contribution in [0.1, 0.15) is 29.2 Å². The summed E-state index contributed by atoms with van der Waals surface area (Å²) in [5.41, 5.74) is 11.6. The van der Waals surface area contributed by atoms with Gasteiger partial charge in [0.1, 0.15) is 0 Å². The van der Waals surface area contributed by atoms with Crippen molar-refractivity contribution in [3.05, 3.63) is 114 Å². The van der Waals surface area contributed by atoms with Gasteiger partial charge in [-0.1, -0.05) is 55.1 Å². The van der Waals surface area contributed by atoms with Crippen molar-refractivity contribution in [2.45, 2.75) is 13.3 Å².